The molecule has 2 bridgehead atoms. The summed E-state index contributed by atoms with van der Waals surface area (Å²) in [6.07, 6.45) is 2.79. The first-order valence-corrected chi connectivity index (χ1v) is 13.4. The second kappa shape index (κ2) is 10.1. The molecule has 0 aliphatic carbocycles. The van der Waals surface area contributed by atoms with Crippen molar-refractivity contribution in [3.63, 3.8) is 0 Å². The van der Waals surface area contributed by atoms with Crippen molar-refractivity contribution in [2.24, 2.45) is 23.7 Å². The number of aliphatic carboxylic acids is 1. The largest absolute Gasteiger partial charge is 0.497 e. The first kappa shape index (κ1) is 26.5. The number of aliphatic hydroxyl groups is 1. The van der Waals surface area contributed by atoms with Crippen molar-refractivity contribution >= 4 is 35.2 Å². The summed E-state index contributed by atoms with van der Waals surface area (Å²) in [4.78, 5) is 44.1. The van der Waals surface area contributed by atoms with Crippen molar-refractivity contribution in [1.29, 1.82) is 0 Å². The average molecular weight is 517 g/mol. The van der Waals surface area contributed by atoms with Crippen LogP contribution in [0.1, 0.15) is 33.6 Å². The number of nitrogens with zero attached hydrogens (tertiary/aromatic N) is 2. The lowest BCUT2D eigenvalue weighted by molar-refractivity contribution is -0.149. The molecule has 3 heterocycles. The maximum absolute atomic E-state index is 14.5. The monoisotopic (exact) mass is 516 g/mol. The summed E-state index contributed by atoms with van der Waals surface area (Å²) in [5.41, 5.74) is 0.636. The van der Waals surface area contributed by atoms with Crippen LogP contribution in [0.25, 0.3) is 0 Å². The summed E-state index contributed by atoms with van der Waals surface area (Å²) in [6.45, 7) is 9.80. The van der Waals surface area contributed by atoms with Gasteiger partial charge in [-0.05, 0) is 48.9 Å². The van der Waals surface area contributed by atoms with Crippen LogP contribution in [0.2, 0.25) is 0 Å². The van der Waals surface area contributed by atoms with Gasteiger partial charge in [0.15, 0.2) is 0 Å². The van der Waals surface area contributed by atoms with Crippen LogP contribution < -0.4 is 9.64 Å². The Kier molecular flexibility index (Phi) is 7.44. The quantitative estimate of drug-likeness (QED) is 0.460. The predicted octanol–water partition coefficient (Wildman–Crippen LogP) is 3.04. The number of ether oxygens (including phenoxy) is 1. The molecule has 4 rings (SSSR count). The Hall–Kier alpha value is -2.52. The second-order valence-electron chi connectivity index (χ2n) is 10.5. The number of carbonyl (C=O) groups excluding carboxylic acids is 2. The molecule has 3 saturated heterocycles. The fraction of sp³-hybridized carbons (Fsp3) is 0.593. The molecule has 1 aromatic rings. The number of hydrogen-bond acceptors (Lipinski definition) is 6. The fourth-order valence-corrected chi connectivity index (χ4v) is 8.99. The van der Waals surface area contributed by atoms with E-state index in [-0.39, 0.29) is 42.1 Å². The van der Waals surface area contributed by atoms with E-state index in [0.29, 0.717) is 24.3 Å². The number of carboxylic acids is 1. The van der Waals surface area contributed by atoms with Crippen molar-refractivity contribution in [3.05, 3.63) is 36.9 Å². The molecule has 0 saturated carbocycles. The highest BCUT2D eigenvalue weighted by Crippen LogP contribution is 2.69. The Morgan fingerprint density at radius 2 is 2.00 bits per heavy atom. The third-order valence-electron chi connectivity index (χ3n) is 8.01. The SMILES string of the molecule is C=CCN(C(=O)C1N([C@@H](CO)CC(C)C)C(=O)[C@@H]2[C@H](C(=O)O)[C@@H]3CC(C)C12S3)c1ccc(OC)cc1. The van der Waals surface area contributed by atoms with Crippen LogP contribution in [-0.4, -0.2) is 75.2 Å². The number of rotatable bonds is 10. The van der Waals surface area contributed by atoms with Gasteiger partial charge in [0.1, 0.15) is 11.8 Å². The summed E-state index contributed by atoms with van der Waals surface area (Å²) >= 11 is 1.50. The fourth-order valence-electron chi connectivity index (χ4n) is 6.60. The average Bonchev–Trinajstić information content (AvgIpc) is 3.44. The topological polar surface area (TPSA) is 107 Å². The number of carboxylic acid groups (broad SMARTS) is 1. The first-order valence-electron chi connectivity index (χ1n) is 12.5. The lowest BCUT2D eigenvalue weighted by atomic mass is 9.66. The molecule has 2 N–H and O–H groups in total. The van der Waals surface area contributed by atoms with Gasteiger partial charge in [0.25, 0.3) is 5.91 Å². The summed E-state index contributed by atoms with van der Waals surface area (Å²) in [7, 11) is 1.57. The van der Waals surface area contributed by atoms with Gasteiger partial charge < -0.3 is 24.7 Å². The van der Waals surface area contributed by atoms with E-state index in [1.165, 1.54) is 11.8 Å². The van der Waals surface area contributed by atoms with Crippen LogP contribution in [0.5, 0.6) is 5.75 Å². The van der Waals surface area contributed by atoms with Gasteiger partial charge in [0.2, 0.25) is 5.91 Å². The Balaban J connectivity index is 1.85. The molecule has 3 aliphatic heterocycles. The molecule has 7 atom stereocenters. The van der Waals surface area contributed by atoms with E-state index in [1.54, 1.807) is 47.3 Å². The third kappa shape index (κ3) is 4.00. The van der Waals surface area contributed by atoms with E-state index in [2.05, 4.69) is 6.58 Å². The Labute approximate surface area is 216 Å². The van der Waals surface area contributed by atoms with Gasteiger partial charge in [0.05, 0.1) is 36.3 Å². The van der Waals surface area contributed by atoms with Crippen LogP contribution in [-0.2, 0) is 14.4 Å². The van der Waals surface area contributed by atoms with Gasteiger partial charge in [-0.3, -0.25) is 14.4 Å². The van der Waals surface area contributed by atoms with E-state index in [4.69, 9.17) is 4.74 Å². The van der Waals surface area contributed by atoms with Gasteiger partial charge in [0, 0.05) is 17.5 Å². The van der Waals surface area contributed by atoms with E-state index in [9.17, 15) is 24.6 Å². The molecule has 196 valence electrons. The van der Waals surface area contributed by atoms with Gasteiger partial charge in [-0.2, -0.15) is 0 Å². The number of fused-ring (bicyclic) bond motifs is 1. The van der Waals surface area contributed by atoms with Crippen molar-refractivity contribution in [2.45, 2.75) is 55.7 Å². The van der Waals surface area contributed by atoms with Crippen molar-refractivity contribution < 1.29 is 29.3 Å². The summed E-state index contributed by atoms with van der Waals surface area (Å²) in [5.74, 6) is -2.44. The molecule has 36 heavy (non-hydrogen) atoms. The molecular formula is C27H36N2O6S. The molecule has 1 aromatic carbocycles. The number of thioether (sulfide) groups is 1. The first-order chi connectivity index (χ1) is 17.1. The second-order valence-corrected chi connectivity index (χ2v) is 12.1. The van der Waals surface area contributed by atoms with E-state index in [1.807, 2.05) is 20.8 Å². The molecule has 0 radical (unpaired) electrons. The third-order valence-corrected chi connectivity index (χ3v) is 10.1. The van der Waals surface area contributed by atoms with Crippen LogP contribution >= 0.6 is 11.8 Å². The summed E-state index contributed by atoms with van der Waals surface area (Å²) in [6, 6.07) is 5.65. The molecule has 1 spiro atoms. The minimum atomic E-state index is -0.991. The van der Waals surface area contributed by atoms with Gasteiger partial charge >= 0.3 is 5.97 Å². The number of methoxy groups -OCH3 is 1. The highest BCUT2D eigenvalue weighted by Gasteiger charge is 2.77. The maximum Gasteiger partial charge on any atom is 0.308 e. The number of aliphatic hydroxyl groups excluding tert-OH is 1. The van der Waals surface area contributed by atoms with E-state index in [0.717, 1.165) is 0 Å². The van der Waals surface area contributed by atoms with Gasteiger partial charge in [-0.15, -0.1) is 18.3 Å². The normalized spacial score (nSPS) is 31.4. The summed E-state index contributed by atoms with van der Waals surface area (Å²) < 4.78 is 4.40. The van der Waals surface area contributed by atoms with Crippen LogP contribution in [0.4, 0.5) is 5.69 Å². The Morgan fingerprint density at radius 1 is 1.33 bits per heavy atom. The number of benzene rings is 1. The molecule has 3 unspecified atom stereocenters. The van der Waals surface area contributed by atoms with E-state index >= 15 is 0 Å². The lowest BCUT2D eigenvalue weighted by Crippen LogP contribution is -2.59. The molecule has 8 nitrogen and oxygen atoms in total. The minimum Gasteiger partial charge on any atom is -0.497 e. The Morgan fingerprint density at radius 3 is 2.53 bits per heavy atom. The zero-order valence-corrected chi connectivity index (χ0v) is 22.1. The van der Waals surface area contributed by atoms with Gasteiger partial charge in [-0.1, -0.05) is 26.8 Å². The molecule has 2 amide bonds. The molecule has 0 aromatic heterocycles. The number of amides is 2. The highest BCUT2D eigenvalue weighted by molar-refractivity contribution is 8.02. The van der Waals surface area contributed by atoms with E-state index < -0.39 is 34.6 Å². The van der Waals surface area contributed by atoms with Crippen molar-refractivity contribution in [2.75, 3.05) is 25.2 Å². The smallest absolute Gasteiger partial charge is 0.308 e. The van der Waals surface area contributed by atoms with Crippen molar-refractivity contribution in [1.82, 2.24) is 4.90 Å². The highest BCUT2D eigenvalue weighted by atomic mass is 32.2. The standard InChI is InChI=1S/C27H36N2O6S/c1-6-11-28(17-7-9-19(35-5)10-8-17)25(32)23-27-16(4)13-20(36-27)21(26(33)34)22(27)24(31)29(23)18(14-30)12-15(2)3/h6-10,15-16,18,20-23,30H,1,11-14H2,2-5H3,(H,33,34)/t16?,18-,20+,21-,22+,23?,27?/m1/s1. The number of anilines is 1. The molecular weight excluding hydrogens is 480 g/mol. The maximum atomic E-state index is 14.5. The van der Waals surface area contributed by atoms with Gasteiger partial charge in [-0.25, -0.2) is 0 Å². The minimum absolute atomic E-state index is 0.0316. The summed E-state index contributed by atoms with van der Waals surface area (Å²) in [5, 5.41) is 20.3. The zero-order chi connectivity index (χ0) is 26.4. The Bertz CT molecular complexity index is 1030. The molecule has 3 aliphatic rings. The van der Waals surface area contributed by atoms with Crippen LogP contribution in [0.15, 0.2) is 36.9 Å². The zero-order valence-electron chi connectivity index (χ0n) is 21.3. The molecule has 3 fully saturated rings. The van der Waals surface area contributed by atoms with Crippen molar-refractivity contribution in [3.8, 4) is 5.75 Å². The lowest BCUT2D eigenvalue weighted by Gasteiger charge is -2.42. The predicted molar refractivity (Wildman–Crippen MR) is 139 cm³/mol. The van der Waals surface area contributed by atoms with Crippen LogP contribution in [0, 0.1) is 23.7 Å². The number of carbonyl (C=O) groups is 3. The molecule has 9 heteroatoms. The number of hydrogen-bond donors (Lipinski definition) is 2. The van der Waals surface area contributed by atoms with Crippen LogP contribution in [0.3, 0.4) is 0 Å². The number of likely N-dealkylation sites (tertiary alicyclic amines) is 1.